The molecule has 0 spiro atoms. The molecule has 2 aromatic rings. The highest BCUT2D eigenvalue weighted by molar-refractivity contribution is 6.06. The number of nitrogens with one attached hydrogen (secondary N) is 1. The molecule has 1 fully saturated rings. The molecule has 7 N–H and O–H groups in total. The van der Waals surface area contributed by atoms with E-state index in [0.717, 1.165) is 26.1 Å². The van der Waals surface area contributed by atoms with E-state index in [0.29, 0.717) is 46.9 Å². The molecule has 0 radical (unpaired) electrons. The highest BCUT2D eigenvalue weighted by Gasteiger charge is 2.23. The first-order valence-corrected chi connectivity index (χ1v) is 9.12. The molecule has 1 atom stereocenters. The number of Topliss-reactive ketones (excluding diaryl/α,β-unsaturated/α-hetero) is 1. The van der Waals surface area contributed by atoms with Gasteiger partial charge in [-0.25, -0.2) is 10.2 Å². The lowest BCUT2D eigenvalue weighted by molar-refractivity contribution is 0.101. The van der Waals surface area contributed by atoms with Crippen molar-refractivity contribution in [3.05, 3.63) is 41.5 Å². The highest BCUT2D eigenvalue weighted by Crippen LogP contribution is 2.28. The zero-order valence-electron chi connectivity index (χ0n) is 15.5. The van der Waals surface area contributed by atoms with Crippen LogP contribution in [0.15, 0.2) is 24.4 Å². The number of carbonyl (C=O) groups is 1. The van der Waals surface area contributed by atoms with Crippen molar-refractivity contribution < 1.29 is 9.18 Å². The molecule has 1 aliphatic rings. The van der Waals surface area contributed by atoms with Gasteiger partial charge in [-0.2, -0.15) is 0 Å². The molecule has 2 heterocycles. The van der Waals surface area contributed by atoms with Gasteiger partial charge >= 0.3 is 0 Å². The summed E-state index contributed by atoms with van der Waals surface area (Å²) in [5.41, 5.74) is 13.7. The van der Waals surface area contributed by atoms with E-state index >= 15 is 0 Å². The van der Waals surface area contributed by atoms with Gasteiger partial charge < -0.3 is 26.4 Å². The Bertz CT molecular complexity index is 861. The van der Waals surface area contributed by atoms with Crippen molar-refractivity contribution in [1.82, 2.24) is 14.9 Å². The van der Waals surface area contributed by atoms with Crippen LogP contribution in [0.3, 0.4) is 0 Å². The van der Waals surface area contributed by atoms with Gasteiger partial charge in [-0.1, -0.05) is 0 Å². The first-order chi connectivity index (χ1) is 12.9. The van der Waals surface area contributed by atoms with Crippen LogP contribution in [0.4, 0.5) is 4.39 Å². The van der Waals surface area contributed by atoms with Gasteiger partial charge in [0.2, 0.25) is 0 Å². The second-order valence-corrected chi connectivity index (χ2v) is 7.15. The van der Waals surface area contributed by atoms with Crippen LogP contribution in [0, 0.1) is 11.7 Å². The van der Waals surface area contributed by atoms with Gasteiger partial charge in [0.05, 0.1) is 11.4 Å². The standard InChI is InChI=1S/C19H27FN6O/c1-12(27)19-18(15-8-14(20)2-3-17(15)24-19)16(22)11-26(23)10-13-4-6-25(9-13)7-5-21/h2-3,8,11,13,24H,4-7,9-10,21-23H2,1H3/b16-11-. The number of ketones is 1. The molecule has 0 amide bonds. The molecule has 0 aliphatic carbocycles. The molecule has 1 unspecified atom stereocenters. The maximum Gasteiger partial charge on any atom is 0.176 e. The summed E-state index contributed by atoms with van der Waals surface area (Å²) in [5, 5.41) is 2.12. The molecule has 146 valence electrons. The Hall–Kier alpha value is -2.42. The molecule has 7 nitrogen and oxygen atoms in total. The number of likely N-dealkylation sites (tertiary alicyclic amines) is 1. The Balaban J connectivity index is 1.82. The third-order valence-corrected chi connectivity index (χ3v) is 4.99. The van der Waals surface area contributed by atoms with E-state index in [9.17, 15) is 9.18 Å². The number of H-pyrrole nitrogens is 1. The molecule has 0 bridgehead atoms. The first-order valence-electron chi connectivity index (χ1n) is 9.12. The van der Waals surface area contributed by atoms with Gasteiger partial charge in [-0.05, 0) is 37.1 Å². The van der Waals surface area contributed by atoms with Crippen molar-refractivity contribution in [2.24, 2.45) is 23.2 Å². The molecule has 1 aliphatic heterocycles. The number of rotatable bonds is 7. The van der Waals surface area contributed by atoms with Crippen LogP contribution in [0.2, 0.25) is 0 Å². The smallest absolute Gasteiger partial charge is 0.176 e. The topological polar surface area (TPSA) is 117 Å². The summed E-state index contributed by atoms with van der Waals surface area (Å²) in [6.07, 6.45) is 2.67. The number of halogens is 1. The van der Waals surface area contributed by atoms with Gasteiger partial charge in [0.1, 0.15) is 5.82 Å². The molecule has 3 rings (SSSR count). The zero-order chi connectivity index (χ0) is 19.6. The van der Waals surface area contributed by atoms with Crippen LogP contribution in [-0.4, -0.2) is 53.4 Å². The first kappa shape index (κ1) is 19.3. The highest BCUT2D eigenvalue weighted by atomic mass is 19.1. The second kappa shape index (κ2) is 8.08. The fraction of sp³-hybridized carbons (Fsp3) is 0.421. The lowest BCUT2D eigenvalue weighted by Crippen LogP contribution is -2.34. The van der Waals surface area contributed by atoms with Crippen molar-refractivity contribution in [3.8, 4) is 0 Å². The fourth-order valence-electron chi connectivity index (χ4n) is 3.77. The van der Waals surface area contributed by atoms with E-state index in [4.69, 9.17) is 17.3 Å². The number of carbonyl (C=O) groups excluding carboxylic acids is 1. The summed E-state index contributed by atoms with van der Waals surface area (Å²) < 4.78 is 13.7. The van der Waals surface area contributed by atoms with E-state index in [2.05, 4.69) is 9.88 Å². The van der Waals surface area contributed by atoms with Crippen LogP contribution < -0.4 is 17.3 Å². The number of hydrazine groups is 1. The summed E-state index contributed by atoms with van der Waals surface area (Å²) in [6.45, 7) is 5.61. The van der Waals surface area contributed by atoms with Crippen LogP contribution in [0.5, 0.6) is 0 Å². The molecule has 8 heteroatoms. The van der Waals surface area contributed by atoms with E-state index in [1.807, 2.05) is 0 Å². The lowest BCUT2D eigenvalue weighted by Gasteiger charge is -2.20. The largest absolute Gasteiger partial charge is 0.397 e. The van der Waals surface area contributed by atoms with Crippen LogP contribution in [-0.2, 0) is 0 Å². The Morgan fingerprint density at radius 3 is 2.96 bits per heavy atom. The van der Waals surface area contributed by atoms with Crippen LogP contribution in [0.25, 0.3) is 16.6 Å². The average molecular weight is 374 g/mol. The van der Waals surface area contributed by atoms with Crippen molar-refractivity contribution in [2.45, 2.75) is 13.3 Å². The van der Waals surface area contributed by atoms with Crippen molar-refractivity contribution >= 4 is 22.4 Å². The van der Waals surface area contributed by atoms with E-state index < -0.39 is 0 Å². The maximum absolute atomic E-state index is 13.7. The molecule has 0 saturated carbocycles. The van der Waals surface area contributed by atoms with Crippen molar-refractivity contribution in [1.29, 1.82) is 0 Å². The molecule has 27 heavy (non-hydrogen) atoms. The predicted octanol–water partition coefficient (Wildman–Crippen LogP) is 1.22. The summed E-state index contributed by atoms with van der Waals surface area (Å²) in [5.74, 6) is 6.01. The number of fused-ring (bicyclic) bond motifs is 1. The van der Waals surface area contributed by atoms with Crippen LogP contribution >= 0.6 is 0 Å². The second-order valence-electron chi connectivity index (χ2n) is 7.15. The summed E-state index contributed by atoms with van der Waals surface area (Å²) in [4.78, 5) is 17.4. The number of benzene rings is 1. The average Bonchev–Trinajstić information content (AvgIpc) is 3.19. The number of nitrogens with zero attached hydrogens (tertiary/aromatic N) is 2. The number of hydrogen-bond acceptors (Lipinski definition) is 6. The van der Waals surface area contributed by atoms with E-state index in [1.54, 1.807) is 17.3 Å². The van der Waals surface area contributed by atoms with Gasteiger partial charge in [0.25, 0.3) is 0 Å². The van der Waals surface area contributed by atoms with Gasteiger partial charge in [-0.3, -0.25) is 4.79 Å². The maximum atomic E-state index is 13.7. The minimum atomic E-state index is -0.388. The van der Waals surface area contributed by atoms with Gasteiger partial charge in [-0.15, -0.1) is 0 Å². The van der Waals surface area contributed by atoms with E-state index in [-0.39, 0.29) is 11.6 Å². The zero-order valence-corrected chi connectivity index (χ0v) is 15.5. The monoisotopic (exact) mass is 374 g/mol. The summed E-state index contributed by atoms with van der Waals surface area (Å²) in [6, 6.07) is 4.31. The Morgan fingerprint density at radius 2 is 2.26 bits per heavy atom. The normalized spacial score (nSPS) is 18.4. The summed E-state index contributed by atoms with van der Waals surface area (Å²) in [7, 11) is 0. The number of hydrogen-bond donors (Lipinski definition) is 4. The molecular weight excluding hydrogens is 347 g/mol. The summed E-state index contributed by atoms with van der Waals surface area (Å²) >= 11 is 0. The van der Waals surface area contributed by atoms with Gasteiger partial charge in [0.15, 0.2) is 5.78 Å². The molecular formula is C19H27FN6O. The molecule has 1 saturated heterocycles. The molecule has 1 aromatic carbocycles. The number of aromatic nitrogens is 1. The third kappa shape index (κ3) is 4.29. The Kier molecular flexibility index (Phi) is 5.79. The number of nitrogens with two attached hydrogens (primary N) is 3. The quantitative estimate of drug-likeness (QED) is 0.329. The Labute approximate surface area is 157 Å². The fourth-order valence-corrected chi connectivity index (χ4v) is 3.77. The predicted molar refractivity (Wildman–Crippen MR) is 105 cm³/mol. The lowest BCUT2D eigenvalue weighted by atomic mass is 10.1. The third-order valence-electron chi connectivity index (χ3n) is 4.99. The number of aromatic amines is 1. The Morgan fingerprint density at radius 1 is 1.48 bits per heavy atom. The minimum absolute atomic E-state index is 0.172. The van der Waals surface area contributed by atoms with Crippen LogP contribution in [0.1, 0.15) is 29.4 Å². The minimum Gasteiger partial charge on any atom is -0.397 e. The van der Waals surface area contributed by atoms with E-state index in [1.165, 1.54) is 19.1 Å². The molecule has 1 aromatic heterocycles. The van der Waals surface area contributed by atoms with Crippen molar-refractivity contribution in [2.75, 3.05) is 32.7 Å². The van der Waals surface area contributed by atoms with Crippen molar-refractivity contribution in [3.63, 3.8) is 0 Å². The SMILES string of the molecule is CC(=O)c1[nH]c2ccc(F)cc2c1/C(N)=C/N(N)CC1CCN(CCN)C1. The van der Waals surface area contributed by atoms with Gasteiger partial charge in [0, 0.05) is 55.8 Å².